The van der Waals surface area contributed by atoms with E-state index in [1.807, 2.05) is 24.5 Å². The minimum absolute atomic E-state index is 0.211. The number of rotatable bonds is 5. The fourth-order valence-electron chi connectivity index (χ4n) is 3.07. The number of methoxy groups -OCH3 is 1. The number of hydrogen-bond donors (Lipinski definition) is 1. The maximum Gasteiger partial charge on any atom is 0.341 e. The molecular formula is C19H22N2O3S2. The van der Waals surface area contributed by atoms with Crippen molar-refractivity contribution in [2.45, 2.75) is 24.8 Å². The average Bonchev–Trinajstić information content (AvgIpc) is 3.04. The van der Waals surface area contributed by atoms with E-state index in [-0.39, 0.29) is 11.9 Å². The quantitative estimate of drug-likeness (QED) is 0.620. The van der Waals surface area contributed by atoms with Crippen molar-refractivity contribution in [3.63, 3.8) is 0 Å². The van der Waals surface area contributed by atoms with Gasteiger partial charge in [-0.2, -0.15) is 0 Å². The number of carbonyl (C=O) groups is 2. The monoisotopic (exact) mass is 390 g/mol. The number of esters is 1. The van der Waals surface area contributed by atoms with Crippen LogP contribution in [0.4, 0.5) is 5.00 Å². The second kappa shape index (κ2) is 8.24. The molecule has 0 unspecified atom stereocenters. The molecule has 0 radical (unpaired) electrons. The van der Waals surface area contributed by atoms with Crippen LogP contribution in [-0.2, 0) is 17.7 Å². The van der Waals surface area contributed by atoms with Gasteiger partial charge in [-0.15, -0.1) is 23.1 Å². The van der Waals surface area contributed by atoms with Crippen LogP contribution in [0.15, 0.2) is 29.2 Å². The summed E-state index contributed by atoms with van der Waals surface area (Å²) in [5, 5.41) is 3.52. The lowest BCUT2D eigenvalue weighted by Gasteiger charge is -2.25. The summed E-state index contributed by atoms with van der Waals surface area (Å²) < 4.78 is 4.98. The van der Waals surface area contributed by atoms with Crippen LogP contribution in [0.3, 0.4) is 0 Å². The molecule has 1 aromatic heterocycles. The van der Waals surface area contributed by atoms with Gasteiger partial charge in [0.15, 0.2) is 0 Å². The predicted molar refractivity (Wildman–Crippen MR) is 106 cm³/mol. The molecule has 0 fully saturated rings. The van der Waals surface area contributed by atoms with Gasteiger partial charge in [0.05, 0.1) is 12.7 Å². The van der Waals surface area contributed by atoms with Crippen molar-refractivity contribution >= 4 is 40.0 Å². The molecule has 1 N–H and O–H groups in total. The van der Waals surface area contributed by atoms with Gasteiger partial charge in [-0.05, 0) is 43.0 Å². The van der Waals surface area contributed by atoms with Crippen molar-refractivity contribution in [1.82, 2.24) is 4.90 Å². The maximum atomic E-state index is 12.7. The lowest BCUT2D eigenvalue weighted by atomic mass is 10.0. The largest absolute Gasteiger partial charge is 0.465 e. The van der Waals surface area contributed by atoms with Crippen LogP contribution >= 0.6 is 23.1 Å². The molecule has 1 amide bonds. The van der Waals surface area contributed by atoms with Crippen LogP contribution in [-0.4, -0.2) is 43.2 Å². The molecular weight excluding hydrogens is 368 g/mol. The Labute approximate surface area is 161 Å². The first-order valence-electron chi connectivity index (χ1n) is 8.48. The van der Waals surface area contributed by atoms with Crippen molar-refractivity contribution in [2.24, 2.45) is 0 Å². The molecule has 0 atom stereocenters. The molecule has 7 heteroatoms. The number of likely N-dealkylation sites (N-methyl/N-ethyl adjacent to an activating group) is 1. The summed E-state index contributed by atoms with van der Waals surface area (Å²) in [7, 11) is 1.38. The molecule has 0 spiro atoms. The van der Waals surface area contributed by atoms with E-state index in [9.17, 15) is 9.59 Å². The lowest BCUT2D eigenvalue weighted by molar-refractivity contribution is 0.0600. The summed E-state index contributed by atoms with van der Waals surface area (Å²) in [5.41, 5.74) is 2.10. The van der Waals surface area contributed by atoms with Crippen molar-refractivity contribution in [3.05, 3.63) is 45.8 Å². The molecule has 3 rings (SSSR count). The Morgan fingerprint density at radius 1 is 1.38 bits per heavy atom. The van der Waals surface area contributed by atoms with E-state index in [4.69, 9.17) is 4.74 Å². The van der Waals surface area contributed by atoms with Crippen LogP contribution in [0.5, 0.6) is 0 Å². The third-order valence-electron chi connectivity index (χ3n) is 4.53. The van der Waals surface area contributed by atoms with Gasteiger partial charge in [-0.25, -0.2) is 4.79 Å². The van der Waals surface area contributed by atoms with E-state index < -0.39 is 0 Å². The summed E-state index contributed by atoms with van der Waals surface area (Å²) >= 11 is 3.06. The molecule has 1 aromatic carbocycles. The number of ether oxygens (including phenoxy) is 1. The van der Waals surface area contributed by atoms with Crippen LogP contribution in [0, 0.1) is 0 Å². The first-order chi connectivity index (χ1) is 12.6. The van der Waals surface area contributed by atoms with Crippen LogP contribution in [0.25, 0.3) is 0 Å². The zero-order valence-electron chi connectivity index (χ0n) is 15.1. The number of thiophene rings is 1. The van der Waals surface area contributed by atoms with E-state index in [1.54, 1.807) is 17.8 Å². The first-order valence-corrected chi connectivity index (χ1v) is 10.5. The molecule has 26 heavy (non-hydrogen) atoms. The van der Waals surface area contributed by atoms with Crippen molar-refractivity contribution in [3.8, 4) is 0 Å². The van der Waals surface area contributed by atoms with E-state index in [1.165, 1.54) is 18.4 Å². The Kier molecular flexibility index (Phi) is 6.01. The van der Waals surface area contributed by atoms with Crippen LogP contribution < -0.4 is 5.32 Å². The Morgan fingerprint density at radius 3 is 2.88 bits per heavy atom. The van der Waals surface area contributed by atoms with Crippen molar-refractivity contribution in [1.29, 1.82) is 0 Å². The highest BCUT2D eigenvalue weighted by atomic mass is 32.2. The number of anilines is 1. The number of carbonyl (C=O) groups excluding carboxylic acids is 2. The minimum atomic E-state index is -0.388. The molecule has 138 valence electrons. The Balaban J connectivity index is 1.92. The third kappa shape index (κ3) is 3.79. The zero-order chi connectivity index (χ0) is 18.7. The van der Waals surface area contributed by atoms with Crippen LogP contribution in [0.1, 0.15) is 38.1 Å². The van der Waals surface area contributed by atoms with E-state index in [2.05, 4.69) is 17.1 Å². The number of nitrogens with one attached hydrogen (secondary N) is 1. The number of hydrogen-bond acceptors (Lipinski definition) is 6. The van der Waals surface area contributed by atoms with Gasteiger partial charge in [0.1, 0.15) is 5.00 Å². The average molecular weight is 391 g/mol. The predicted octanol–water partition coefficient (Wildman–Crippen LogP) is 3.89. The molecule has 2 heterocycles. The summed E-state index contributed by atoms with van der Waals surface area (Å²) in [6.45, 7) is 4.81. The lowest BCUT2D eigenvalue weighted by Crippen LogP contribution is -2.29. The number of nitrogens with zero attached hydrogens (tertiary/aromatic N) is 1. The van der Waals surface area contributed by atoms with E-state index in [0.29, 0.717) is 16.1 Å². The number of fused-ring (bicyclic) bond motifs is 1. The molecule has 1 aliphatic heterocycles. The van der Waals surface area contributed by atoms with Crippen molar-refractivity contribution in [2.75, 3.05) is 31.8 Å². The first kappa shape index (κ1) is 18.9. The minimum Gasteiger partial charge on any atom is -0.465 e. The fraction of sp³-hybridized carbons (Fsp3) is 0.368. The second-order valence-electron chi connectivity index (χ2n) is 6.00. The Hall–Kier alpha value is -1.83. The molecule has 0 bridgehead atoms. The van der Waals surface area contributed by atoms with Crippen molar-refractivity contribution < 1.29 is 14.3 Å². The maximum absolute atomic E-state index is 12.7. The van der Waals surface area contributed by atoms with Gasteiger partial charge in [0.25, 0.3) is 5.91 Å². The summed E-state index contributed by atoms with van der Waals surface area (Å²) in [6, 6.07) is 7.45. The summed E-state index contributed by atoms with van der Waals surface area (Å²) in [5.74, 6) is -0.599. The van der Waals surface area contributed by atoms with Gasteiger partial charge < -0.3 is 10.1 Å². The standard InChI is InChI=1S/C19H22N2O3S2/c1-4-21-9-8-14-15(11-21)26-18(16(14)19(23)24-2)20-17(22)12-6-5-7-13(10-12)25-3/h5-7,10H,4,8-9,11H2,1-3H3,(H,20,22). The highest BCUT2D eigenvalue weighted by Crippen LogP contribution is 2.37. The highest BCUT2D eigenvalue weighted by Gasteiger charge is 2.29. The van der Waals surface area contributed by atoms with Gasteiger partial charge >= 0.3 is 5.97 Å². The van der Waals surface area contributed by atoms with E-state index in [0.717, 1.165) is 41.4 Å². The Morgan fingerprint density at radius 2 is 2.19 bits per heavy atom. The second-order valence-corrected chi connectivity index (χ2v) is 7.99. The number of benzene rings is 1. The topological polar surface area (TPSA) is 58.6 Å². The van der Waals surface area contributed by atoms with Crippen LogP contribution in [0.2, 0.25) is 0 Å². The Bertz CT molecular complexity index is 832. The molecule has 2 aromatic rings. The van der Waals surface area contributed by atoms with E-state index >= 15 is 0 Å². The smallest absolute Gasteiger partial charge is 0.341 e. The van der Waals surface area contributed by atoms with Gasteiger partial charge in [-0.1, -0.05) is 13.0 Å². The normalized spacial score (nSPS) is 14.0. The van der Waals surface area contributed by atoms with Gasteiger partial charge in [0, 0.05) is 28.4 Å². The summed E-state index contributed by atoms with van der Waals surface area (Å²) in [6.07, 6.45) is 2.76. The molecule has 0 aliphatic carbocycles. The SMILES string of the molecule is CCN1CCc2c(sc(NC(=O)c3cccc(SC)c3)c2C(=O)OC)C1. The van der Waals surface area contributed by atoms with Gasteiger partial charge in [-0.3, -0.25) is 9.69 Å². The number of thioether (sulfide) groups is 1. The zero-order valence-corrected chi connectivity index (χ0v) is 16.8. The molecule has 1 aliphatic rings. The summed E-state index contributed by atoms with van der Waals surface area (Å²) in [4.78, 5) is 29.5. The number of amides is 1. The molecule has 0 saturated heterocycles. The third-order valence-corrected chi connectivity index (χ3v) is 6.39. The fourth-order valence-corrected chi connectivity index (χ4v) is 4.80. The molecule has 5 nitrogen and oxygen atoms in total. The van der Waals surface area contributed by atoms with Gasteiger partial charge in [0.2, 0.25) is 0 Å². The highest BCUT2D eigenvalue weighted by molar-refractivity contribution is 7.98. The molecule has 0 saturated carbocycles.